The van der Waals surface area contributed by atoms with E-state index in [0.717, 1.165) is 4.90 Å². The van der Waals surface area contributed by atoms with Gasteiger partial charge < -0.3 is 10.1 Å². The van der Waals surface area contributed by atoms with E-state index in [9.17, 15) is 9.59 Å². The third-order valence-electron chi connectivity index (χ3n) is 2.30. The summed E-state index contributed by atoms with van der Waals surface area (Å²) in [6, 6.07) is 9.68. The Labute approximate surface area is 117 Å². The third-order valence-corrected chi connectivity index (χ3v) is 3.11. The van der Waals surface area contributed by atoms with Crippen LogP contribution in [-0.4, -0.2) is 24.5 Å². The van der Waals surface area contributed by atoms with E-state index >= 15 is 0 Å². The first-order valence-corrected chi connectivity index (χ1v) is 6.62. The number of methoxy groups -OCH3 is 1. The minimum absolute atomic E-state index is 0.334. The van der Waals surface area contributed by atoms with Gasteiger partial charge in [-0.05, 0) is 31.4 Å². The van der Waals surface area contributed by atoms with E-state index in [1.165, 1.54) is 24.9 Å². The van der Waals surface area contributed by atoms with Crippen molar-refractivity contribution in [3.05, 3.63) is 41.8 Å². The molecule has 5 heteroatoms. The predicted molar refractivity (Wildman–Crippen MR) is 75.7 cm³/mol. The highest BCUT2D eigenvalue weighted by Crippen LogP contribution is 2.17. The van der Waals surface area contributed by atoms with Crippen LogP contribution in [0.25, 0.3) is 0 Å². The smallest absolute Gasteiger partial charge is 0.330 e. The normalized spacial score (nSPS) is 11.3. The number of hydrogen-bond acceptors (Lipinski definition) is 4. The van der Waals surface area contributed by atoms with Crippen LogP contribution in [0, 0.1) is 0 Å². The first-order chi connectivity index (χ1) is 8.95. The molecule has 0 radical (unpaired) electrons. The molecule has 1 N–H and O–H groups in total. The van der Waals surface area contributed by atoms with E-state index in [-0.39, 0.29) is 5.91 Å². The quantitative estimate of drug-likeness (QED) is 0.511. The number of amides is 1. The fourth-order valence-corrected chi connectivity index (χ4v) is 1.99. The highest BCUT2D eigenvalue weighted by molar-refractivity contribution is 8.02. The van der Waals surface area contributed by atoms with E-state index < -0.39 is 11.5 Å². The molecule has 0 unspecified atom stereocenters. The van der Waals surface area contributed by atoms with E-state index in [2.05, 4.69) is 10.1 Å². The summed E-state index contributed by atoms with van der Waals surface area (Å²) in [5, 5.41) is 4.26. The molecule has 0 spiro atoms. The molecular formula is C14H17NO3S. The molecule has 1 amide bonds. The number of nitrogens with one attached hydrogen (secondary N) is 1. The summed E-state index contributed by atoms with van der Waals surface area (Å²) in [6.07, 6.45) is 1.39. The molecule has 1 aromatic rings. The average molecular weight is 279 g/mol. The van der Waals surface area contributed by atoms with Crippen molar-refractivity contribution in [1.82, 2.24) is 5.32 Å². The summed E-state index contributed by atoms with van der Waals surface area (Å²) in [4.78, 5) is 24.1. The number of hydrogen-bond donors (Lipinski definition) is 1. The second kappa shape index (κ2) is 6.99. The van der Waals surface area contributed by atoms with Crippen LogP contribution < -0.4 is 5.32 Å². The van der Waals surface area contributed by atoms with E-state index in [1.54, 1.807) is 19.3 Å². The molecule has 0 saturated carbocycles. The van der Waals surface area contributed by atoms with Gasteiger partial charge in [0.2, 0.25) is 5.91 Å². The van der Waals surface area contributed by atoms with Crippen molar-refractivity contribution in [3.63, 3.8) is 0 Å². The summed E-state index contributed by atoms with van der Waals surface area (Å²) in [6.45, 7) is 3.18. The van der Waals surface area contributed by atoms with Crippen LogP contribution >= 0.6 is 11.8 Å². The molecule has 0 aliphatic carbocycles. The Kier molecular flexibility index (Phi) is 5.63. The number of thioether (sulfide) groups is 1. The molecule has 19 heavy (non-hydrogen) atoms. The van der Waals surface area contributed by atoms with Crippen molar-refractivity contribution in [1.29, 1.82) is 0 Å². The molecule has 0 bridgehead atoms. The first-order valence-electron chi connectivity index (χ1n) is 5.74. The van der Waals surface area contributed by atoms with Crippen LogP contribution in [0.2, 0.25) is 0 Å². The Morgan fingerprint density at radius 2 is 1.89 bits per heavy atom. The zero-order chi connectivity index (χ0) is 14.3. The number of esters is 1. The predicted octanol–water partition coefficient (Wildman–Crippen LogP) is 2.36. The Morgan fingerprint density at radius 1 is 1.26 bits per heavy atom. The topological polar surface area (TPSA) is 55.4 Å². The van der Waals surface area contributed by atoms with Crippen LogP contribution in [0.4, 0.5) is 0 Å². The van der Waals surface area contributed by atoms with Crippen LogP contribution in [0.15, 0.2) is 46.7 Å². The number of rotatable bonds is 5. The van der Waals surface area contributed by atoms with Gasteiger partial charge in [0.25, 0.3) is 0 Å². The Balaban J connectivity index is 2.49. The maximum Gasteiger partial charge on any atom is 0.330 e. The number of ether oxygens (including phenoxy) is 1. The van der Waals surface area contributed by atoms with Crippen molar-refractivity contribution in [2.45, 2.75) is 24.3 Å². The minimum Gasteiger partial charge on any atom is -0.467 e. The molecular weight excluding hydrogens is 262 g/mol. The van der Waals surface area contributed by atoms with Crippen molar-refractivity contribution in [2.75, 3.05) is 7.11 Å². The third kappa shape index (κ3) is 5.18. The molecule has 0 aliphatic rings. The van der Waals surface area contributed by atoms with Gasteiger partial charge in [0, 0.05) is 11.0 Å². The number of carbonyl (C=O) groups is 2. The maximum absolute atomic E-state index is 11.7. The Hall–Kier alpha value is -1.75. The molecule has 102 valence electrons. The van der Waals surface area contributed by atoms with Gasteiger partial charge in [-0.15, -0.1) is 0 Å². The monoisotopic (exact) mass is 279 g/mol. The lowest BCUT2D eigenvalue weighted by Crippen LogP contribution is -2.49. The lowest BCUT2D eigenvalue weighted by molar-refractivity contribution is -0.148. The van der Waals surface area contributed by atoms with Gasteiger partial charge in [-0.3, -0.25) is 4.79 Å². The van der Waals surface area contributed by atoms with Crippen LogP contribution in [0.3, 0.4) is 0 Å². The second-order valence-electron chi connectivity index (χ2n) is 4.34. The van der Waals surface area contributed by atoms with Crippen molar-refractivity contribution in [3.8, 4) is 0 Å². The molecule has 0 heterocycles. The van der Waals surface area contributed by atoms with Gasteiger partial charge in [-0.1, -0.05) is 30.0 Å². The molecule has 0 fully saturated rings. The van der Waals surface area contributed by atoms with Crippen molar-refractivity contribution < 1.29 is 14.3 Å². The molecule has 0 atom stereocenters. The highest BCUT2D eigenvalue weighted by atomic mass is 32.2. The average Bonchev–Trinajstić information content (AvgIpc) is 2.38. The molecule has 1 rings (SSSR count). The lowest BCUT2D eigenvalue weighted by Gasteiger charge is -2.21. The maximum atomic E-state index is 11.7. The van der Waals surface area contributed by atoms with Gasteiger partial charge >= 0.3 is 5.97 Å². The molecule has 0 saturated heterocycles. The molecule has 4 nitrogen and oxygen atoms in total. The van der Waals surface area contributed by atoms with Gasteiger partial charge in [0.1, 0.15) is 5.54 Å². The molecule has 1 aromatic carbocycles. The fourth-order valence-electron chi connectivity index (χ4n) is 1.33. The van der Waals surface area contributed by atoms with Gasteiger partial charge in [0.15, 0.2) is 0 Å². The van der Waals surface area contributed by atoms with Crippen molar-refractivity contribution in [2.24, 2.45) is 0 Å². The van der Waals surface area contributed by atoms with Gasteiger partial charge in [-0.2, -0.15) is 0 Å². The molecule has 0 aromatic heterocycles. The Bertz CT molecular complexity index is 469. The van der Waals surface area contributed by atoms with E-state index in [4.69, 9.17) is 0 Å². The summed E-state index contributed by atoms with van der Waals surface area (Å²) in [5.74, 6) is -0.816. The summed E-state index contributed by atoms with van der Waals surface area (Å²) < 4.78 is 4.61. The summed E-state index contributed by atoms with van der Waals surface area (Å²) >= 11 is 1.43. The van der Waals surface area contributed by atoms with E-state index in [1.807, 2.05) is 30.3 Å². The van der Waals surface area contributed by atoms with Crippen molar-refractivity contribution >= 4 is 23.6 Å². The number of benzene rings is 1. The highest BCUT2D eigenvalue weighted by Gasteiger charge is 2.29. The lowest BCUT2D eigenvalue weighted by atomic mass is 10.1. The minimum atomic E-state index is -1.03. The zero-order valence-corrected chi connectivity index (χ0v) is 12.0. The largest absolute Gasteiger partial charge is 0.467 e. The zero-order valence-electron chi connectivity index (χ0n) is 11.2. The second-order valence-corrected chi connectivity index (χ2v) is 5.32. The molecule has 0 aliphatic heterocycles. The van der Waals surface area contributed by atoms with Crippen LogP contribution in [0.1, 0.15) is 13.8 Å². The fraction of sp³-hybridized carbons (Fsp3) is 0.286. The van der Waals surface area contributed by atoms with Gasteiger partial charge in [-0.25, -0.2) is 4.79 Å². The summed E-state index contributed by atoms with van der Waals surface area (Å²) in [7, 11) is 1.29. The first kappa shape index (κ1) is 15.3. The standard InChI is InChI=1S/C14H17NO3S/c1-14(2,13(17)18-3)15-12(16)9-10-19-11-7-5-4-6-8-11/h4-10H,1-3H3,(H,15,16). The SMILES string of the molecule is COC(=O)C(C)(C)NC(=O)C=CSc1ccccc1. The Morgan fingerprint density at radius 3 is 2.47 bits per heavy atom. The van der Waals surface area contributed by atoms with E-state index in [0.29, 0.717) is 0 Å². The summed E-state index contributed by atoms with van der Waals surface area (Å²) in [5.41, 5.74) is -1.03. The van der Waals surface area contributed by atoms with Crippen LogP contribution in [-0.2, 0) is 14.3 Å². The van der Waals surface area contributed by atoms with Crippen LogP contribution in [0.5, 0.6) is 0 Å². The number of carbonyl (C=O) groups excluding carboxylic acids is 2. The van der Waals surface area contributed by atoms with Gasteiger partial charge in [0.05, 0.1) is 7.11 Å².